The van der Waals surface area contributed by atoms with Crippen molar-refractivity contribution in [1.29, 1.82) is 0 Å². The lowest BCUT2D eigenvalue weighted by Crippen LogP contribution is -2.48. The molecule has 0 spiro atoms. The van der Waals surface area contributed by atoms with E-state index in [1.165, 1.54) is 6.26 Å². The maximum absolute atomic E-state index is 12.6. The van der Waals surface area contributed by atoms with Crippen LogP contribution in [0.4, 0.5) is 5.69 Å². The number of nitrogens with zero attached hydrogens (tertiary/aromatic N) is 4. The summed E-state index contributed by atoms with van der Waals surface area (Å²) in [6.45, 7) is 4.71. The molecule has 5 rings (SSSR count). The molecule has 2 aromatic carbocycles. The molecule has 0 aliphatic carbocycles. The van der Waals surface area contributed by atoms with Crippen molar-refractivity contribution >= 4 is 17.6 Å². The Morgan fingerprint density at radius 3 is 2.41 bits per heavy atom. The number of piperazine rings is 1. The van der Waals surface area contributed by atoms with Crippen LogP contribution in [-0.4, -0.2) is 66.5 Å². The number of hydrogen-bond donors (Lipinski definition) is 0. The predicted molar refractivity (Wildman–Crippen MR) is 138 cm³/mol. The zero-order valence-corrected chi connectivity index (χ0v) is 20.8. The van der Waals surface area contributed by atoms with Crippen molar-refractivity contribution in [2.75, 3.05) is 44.8 Å². The van der Waals surface area contributed by atoms with E-state index in [0.717, 1.165) is 35.7 Å². The molecule has 37 heavy (non-hydrogen) atoms. The minimum Gasteiger partial charge on any atom is -0.494 e. The predicted octanol–water partition coefficient (Wildman–Crippen LogP) is 4.28. The van der Waals surface area contributed by atoms with Gasteiger partial charge in [-0.05, 0) is 49.4 Å². The topological polar surface area (TPSA) is 90.0 Å². The number of methoxy groups -OCH3 is 1. The van der Waals surface area contributed by atoms with Gasteiger partial charge in [0.1, 0.15) is 11.4 Å². The molecule has 0 bridgehead atoms. The summed E-state index contributed by atoms with van der Waals surface area (Å²) in [5.41, 5.74) is 3.64. The van der Waals surface area contributed by atoms with Crippen LogP contribution >= 0.6 is 0 Å². The summed E-state index contributed by atoms with van der Waals surface area (Å²) in [7, 11) is 1.60. The molecule has 1 saturated heterocycles. The lowest BCUT2D eigenvalue weighted by atomic mass is 10.1. The fraction of sp³-hybridized carbons (Fsp3) is 0.250. The number of hydrogen-bond acceptors (Lipinski definition) is 7. The van der Waals surface area contributed by atoms with E-state index in [2.05, 4.69) is 10.00 Å². The third-order valence-corrected chi connectivity index (χ3v) is 6.33. The molecule has 190 valence electrons. The van der Waals surface area contributed by atoms with Gasteiger partial charge in [0.25, 0.3) is 5.91 Å². The van der Waals surface area contributed by atoms with Gasteiger partial charge in [0.2, 0.25) is 0 Å². The Morgan fingerprint density at radius 2 is 1.73 bits per heavy atom. The van der Waals surface area contributed by atoms with Gasteiger partial charge in [0.05, 0.1) is 25.7 Å². The number of rotatable bonds is 7. The second-order valence-electron chi connectivity index (χ2n) is 8.52. The summed E-state index contributed by atoms with van der Waals surface area (Å²) in [6, 6.07) is 20.8. The van der Waals surface area contributed by atoms with Crippen LogP contribution in [0.15, 0.2) is 77.4 Å². The van der Waals surface area contributed by atoms with Crippen molar-refractivity contribution in [2.24, 2.45) is 0 Å². The van der Waals surface area contributed by atoms with E-state index in [9.17, 15) is 9.59 Å². The van der Waals surface area contributed by atoms with E-state index in [1.54, 1.807) is 36.9 Å². The Balaban J connectivity index is 1.38. The molecule has 2 aromatic heterocycles. The van der Waals surface area contributed by atoms with Crippen LogP contribution in [0.25, 0.3) is 16.9 Å². The van der Waals surface area contributed by atoms with E-state index >= 15 is 0 Å². The highest BCUT2D eigenvalue weighted by Gasteiger charge is 2.24. The summed E-state index contributed by atoms with van der Waals surface area (Å²) < 4.78 is 17.7. The first-order valence-electron chi connectivity index (χ1n) is 12.2. The summed E-state index contributed by atoms with van der Waals surface area (Å²) in [4.78, 5) is 29.1. The first-order chi connectivity index (χ1) is 18.1. The van der Waals surface area contributed by atoms with E-state index in [-0.39, 0.29) is 18.2 Å². The second-order valence-corrected chi connectivity index (χ2v) is 8.52. The van der Waals surface area contributed by atoms with Crippen LogP contribution in [0, 0.1) is 0 Å². The van der Waals surface area contributed by atoms with Gasteiger partial charge >= 0.3 is 5.97 Å². The van der Waals surface area contributed by atoms with E-state index in [0.29, 0.717) is 24.6 Å². The Labute approximate surface area is 214 Å². The second kappa shape index (κ2) is 10.6. The monoisotopic (exact) mass is 500 g/mol. The molecule has 0 atom stereocenters. The lowest BCUT2D eigenvalue weighted by Gasteiger charge is -2.35. The average molecular weight is 501 g/mol. The minimum atomic E-state index is -0.476. The Bertz CT molecular complexity index is 1370. The summed E-state index contributed by atoms with van der Waals surface area (Å²) in [6.07, 6.45) is 1.51. The van der Waals surface area contributed by atoms with Gasteiger partial charge in [-0.15, -0.1) is 0 Å². The molecule has 1 aliphatic rings. The standard InChI is InChI=1S/C28H28N4O5/c1-3-36-28(34)22-19-24(32(29-22)23-7-4-5-8-25(23)35-2)20-10-12-21(13-11-20)30-14-16-31(17-15-30)27(33)26-9-6-18-37-26/h4-13,18-19H,3,14-17H2,1-2H3. The molecule has 9 heteroatoms. The first-order valence-corrected chi connectivity index (χ1v) is 12.2. The number of furan rings is 1. The van der Waals surface area contributed by atoms with Crippen LogP contribution in [-0.2, 0) is 4.74 Å². The molecule has 1 fully saturated rings. The number of ether oxygens (including phenoxy) is 2. The molecule has 1 amide bonds. The number of esters is 1. The van der Waals surface area contributed by atoms with E-state index in [4.69, 9.17) is 13.9 Å². The smallest absolute Gasteiger partial charge is 0.358 e. The van der Waals surface area contributed by atoms with Gasteiger partial charge < -0.3 is 23.7 Å². The Kier molecular flexibility index (Phi) is 6.93. The third-order valence-electron chi connectivity index (χ3n) is 6.33. The summed E-state index contributed by atoms with van der Waals surface area (Å²) in [5.74, 6) is 0.450. The summed E-state index contributed by atoms with van der Waals surface area (Å²) >= 11 is 0. The zero-order valence-electron chi connectivity index (χ0n) is 20.8. The van der Waals surface area contributed by atoms with E-state index < -0.39 is 5.97 Å². The number of carbonyl (C=O) groups excluding carboxylic acids is 2. The molecule has 0 N–H and O–H groups in total. The quantitative estimate of drug-likeness (QED) is 0.350. The third kappa shape index (κ3) is 4.93. The largest absolute Gasteiger partial charge is 0.494 e. The van der Waals surface area contributed by atoms with Gasteiger partial charge in [-0.25, -0.2) is 9.48 Å². The van der Waals surface area contributed by atoms with Gasteiger partial charge in [-0.1, -0.05) is 24.3 Å². The molecule has 4 aromatic rings. The highest BCUT2D eigenvalue weighted by Crippen LogP contribution is 2.31. The van der Waals surface area contributed by atoms with Gasteiger partial charge in [-0.3, -0.25) is 4.79 Å². The van der Waals surface area contributed by atoms with Crippen molar-refractivity contribution in [3.8, 4) is 22.7 Å². The van der Waals surface area contributed by atoms with Crippen molar-refractivity contribution in [1.82, 2.24) is 14.7 Å². The lowest BCUT2D eigenvalue weighted by molar-refractivity contribution is 0.0518. The normalized spacial score (nSPS) is 13.5. The fourth-order valence-electron chi connectivity index (χ4n) is 4.45. The van der Waals surface area contributed by atoms with Gasteiger partial charge in [0, 0.05) is 37.4 Å². The molecule has 3 heterocycles. The number of anilines is 1. The SMILES string of the molecule is CCOC(=O)c1cc(-c2ccc(N3CCN(C(=O)c4ccco4)CC3)cc2)n(-c2ccccc2OC)n1. The maximum atomic E-state index is 12.6. The van der Waals surface area contributed by atoms with Gasteiger partial charge in [0.15, 0.2) is 11.5 Å². The highest BCUT2D eigenvalue weighted by molar-refractivity contribution is 5.91. The Hall–Kier alpha value is -4.53. The number of carbonyl (C=O) groups is 2. The van der Waals surface area contributed by atoms with Crippen molar-refractivity contribution in [2.45, 2.75) is 6.92 Å². The molecule has 0 saturated carbocycles. The first kappa shape index (κ1) is 24.2. The Morgan fingerprint density at radius 1 is 0.973 bits per heavy atom. The van der Waals surface area contributed by atoms with Crippen LogP contribution in [0.1, 0.15) is 28.0 Å². The molecule has 9 nitrogen and oxygen atoms in total. The number of benzene rings is 2. The van der Waals surface area contributed by atoms with Gasteiger partial charge in [-0.2, -0.15) is 5.10 Å². The molecule has 0 unspecified atom stereocenters. The number of para-hydroxylation sites is 2. The van der Waals surface area contributed by atoms with Crippen LogP contribution in [0.2, 0.25) is 0 Å². The van der Waals surface area contributed by atoms with E-state index in [1.807, 2.05) is 53.4 Å². The molecular formula is C28H28N4O5. The maximum Gasteiger partial charge on any atom is 0.358 e. The summed E-state index contributed by atoms with van der Waals surface area (Å²) in [5, 5.41) is 4.55. The van der Waals surface area contributed by atoms with Crippen LogP contribution in [0.5, 0.6) is 5.75 Å². The fourth-order valence-corrected chi connectivity index (χ4v) is 4.45. The van der Waals surface area contributed by atoms with Crippen molar-refractivity contribution in [3.63, 3.8) is 0 Å². The van der Waals surface area contributed by atoms with Crippen molar-refractivity contribution < 1.29 is 23.5 Å². The number of amides is 1. The molecular weight excluding hydrogens is 472 g/mol. The van der Waals surface area contributed by atoms with Crippen molar-refractivity contribution in [3.05, 3.63) is 84.4 Å². The zero-order chi connectivity index (χ0) is 25.8. The van der Waals surface area contributed by atoms with Crippen LogP contribution in [0.3, 0.4) is 0 Å². The minimum absolute atomic E-state index is 0.0815. The number of aromatic nitrogens is 2. The molecule has 0 radical (unpaired) electrons. The average Bonchev–Trinajstić information content (AvgIpc) is 3.64. The molecule has 1 aliphatic heterocycles. The van der Waals surface area contributed by atoms with Crippen LogP contribution < -0.4 is 9.64 Å². The highest BCUT2D eigenvalue weighted by atomic mass is 16.5.